The number of fused-ring (bicyclic) bond motifs is 1. The molecule has 5 nitrogen and oxygen atoms in total. The van der Waals surface area contributed by atoms with Gasteiger partial charge >= 0.3 is 5.97 Å². The van der Waals surface area contributed by atoms with Crippen LogP contribution >= 0.6 is 0 Å². The average molecular weight is 327 g/mol. The number of aryl methyl sites for hydroxylation is 1. The van der Waals surface area contributed by atoms with Crippen LogP contribution in [0.3, 0.4) is 0 Å². The van der Waals surface area contributed by atoms with Gasteiger partial charge in [0.15, 0.2) is 0 Å². The van der Waals surface area contributed by atoms with E-state index in [0.29, 0.717) is 13.2 Å². The Morgan fingerprint density at radius 1 is 1.38 bits per heavy atom. The molecule has 1 unspecified atom stereocenters. The zero-order valence-corrected chi connectivity index (χ0v) is 14.9. The van der Waals surface area contributed by atoms with E-state index < -0.39 is 5.41 Å². The van der Waals surface area contributed by atoms with Gasteiger partial charge in [-0.2, -0.15) is 0 Å². The molecule has 0 saturated carbocycles. The van der Waals surface area contributed by atoms with E-state index in [1.807, 2.05) is 19.1 Å². The minimum Gasteiger partial charge on any atom is -0.466 e. The van der Waals surface area contributed by atoms with E-state index in [9.17, 15) is 4.79 Å². The first-order valence-electron chi connectivity index (χ1n) is 8.62. The van der Waals surface area contributed by atoms with Crippen LogP contribution in [0.2, 0.25) is 0 Å². The van der Waals surface area contributed by atoms with Crippen molar-refractivity contribution in [2.24, 2.45) is 11.3 Å². The van der Waals surface area contributed by atoms with Crippen molar-refractivity contribution < 1.29 is 9.53 Å². The Morgan fingerprint density at radius 2 is 2.17 bits per heavy atom. The van der Waals surface area contributed by atoms with Crippen molar-refractivity contribution in [3.05, 3.63) is 30.1 Å². The van der Waals surface area contributed by atoms with Gasteiger partial charge in [0.2, 0.25) is 0 Å². The molecule has 0 radical (unpaired) electrons. The molecule has 1 aromatic heterocycles. The summed E-state index contributed by atoms with van der Waals surface area (Å²) >= 11 is 0. The molecular formula is C19H25N3O2. The molecule has 1 aliphatic rings. The summed E-state index contributed by atoms with van der Waals surface area (Å²) < 4.78 is 5.39. The first-order valence-corrected chi connectivity index (χ1v) is 8.62. The molecule has 1 aromatic carbocycles. The molecule has 1 saturated heterocycles. The van der Waals surface area contributed by atoms with Gasteiger partial charge in [-0.25, -0.2) is 9.97 Å². The lowest BCUT2D eigenvalue weighted by molar-refractivity contribution is -0.156. The summed E-state index contributed by atoms with van der Waals surface area (Å²) in [6.07, 6.45) is 2.40. The second kappa shape index (κ2) is 6.38. The fraction of sp³-hybridized carbons (Fsp3) is 0.526. The van der Waals surface area contributed by atoms with E-state index >= 15 is 0 Å². The summed E-state index contributed by atoms with van der Waals surface area (Å²) in [4.78, 5) is 23.8. The molecule has 24 heavy (non-hydrogen) atoms. The SMILES string of the molecule is CCOC(=O)C1(C(C)C)CCN(c2ncnc3cccc(C)c23)C1. The third kappa shape index (κ3) is 2.62. The second-order valence-electron chi connectivity index (χ2n) is 6.87. The maximum atomic E-state index is 12.6. The molecule has 0 bridgehead atoms. The van der Waals surface area contributed by atoms with E-state index in [-0.39, 0.29) is 11.9 Å². The first kappa shape index (κ1) is 16.7. The quantitative estimate of drug-likeness (QED) is 0.806. The second-order valence-corrected chi connectivity index (χ2v) is 6.87. The van der Waals surface area contributed by atoms with Crippen LogP contribution in [0.4, 0.5) is 5.82 Å². The van der Waals surface area contributed by atoms with Crippen molar-refractivity contribution in [3.63, 3.8) is 0 Å². The molecular weight excluding hydrogens is 302 g/mol. The molecule has 5 heteroatoms. The number of benzene rings is 1. The molecule has 2 aromatic rings. The number of carbonyl (C=O) groups excluding carboxylic acids is 1. The molecule has 0 amide bonds. The molecule has 1 aliphatic heterocycles. The predicted molar refractivity (Wildman–Crippen MR) is 95.0 cm³/mol. The summed E-state index contributed by atoms with van der Waals surface area (Å²) in [5.41, 5.74) is 1.63. The lowest BCUT2D eigenvalue weighted by Crippen LogP contribution is -2.40. The van der Waals surface area contributed by atoms with Gasteiger partial charge in [-0.3, -0.25) is 4.79 Å². The summed E-state index contributed by atoms with van der Waals surface area (Å²) in [6, 6.07) is 6.09. The van der Waals surface area contributed by atoms with Crippen molar-refractivity contribution in [1.82, 2.24) is 9.97 Å². The Labute approximate surface area is 143 Å². The highest BCUT2D eigenvalue weighted by molar-refractivity contribution is 5.92. The van der Waals surface area contributed by atoms with Crippen molar-refractivity contribution in [2.45, 2.75) is 34.1 Å². The normalized spacial score (nSPS) is 20.8. The monoisotopic (exact) mass is 327 g/mol. The maximum absolute atomic E-state index is 12.6. The number of anilines is 1. The van der Waals surface area contributed by atoms with Gasteiger partial charge < -0.3 is 9.64 Å². The van der Waals surface area contributed by atoms with Crippen molar-refractivity contribution in [2.75, 3.05) is 24.6 Å². The smallest absolute Gasteiger partial charge is 0.314 e. The van der Waals surface area contributed by atoms with Crippen LogP contribution in [0, 0.1) is 18.3 Å². The van der Waals surface area contributed by atoms with Crippen LogP contribution in [0.15, 0.2) is 24.5 Å². The van der Waals surface area contributed by atoms with Crippen molar-refractivity contribution in [3.8, 4) is 0 Å². The van der Waals surface area contributed by atoms with E-state index in [1.165, 1.54) is 0 Å². The summed E-state index contributed by atoms with van der Waals surface area (Å²) in [5.74, 6) is 1.05. The van der Waals surface area contributed by atoms with Crippen LogP contribution in [-0.2, 0) is 9.53 Å². The minimum absolute atomic E-state index is 0.0856. The number of aromatic nitrogens is 2. The molecule has 1 fully saturated rings. The number of nitrogens with zero attached hydrogens (tertiary/aromatic N) is 3. The number of ether oxygens (including phenoxy) is 1. The van der Waals surface area contributed by atoms with E-state index in [4.69, 9.17) is 4.74 Å². The highest BCUT2D eigenvalue weighted by Crippen LogP contribution is 2.42. The summed E-state index contributed by atoms with van der Waals surface area (Å²) in [5, 5.41) is 1.07. The van der Waals surface area contributed by atoms with Gasteiger partial charge in [0, 0.05) is 18.5 Å². The third-order valence-corrected chi connectivity index (χ3v) is 5.24. The number of carbonyl (C=O) groups is 1. The highest BCUT2D eigenvalue weighted by atomic mass is 16.5. The van der Waals surface area contributed by atoms with Crippen LogP contribution in [0.25, 0.3) is 10.9 Å². The third-order valence-electron chi connectivity index (χ3n) is 5.24. The Morgan fingerprint density at radius 3 is 2.88 bits per heavy atom. The number of hydrogen-bond acceptors (Lipinski definition) is 5. The zero-order chi connectivity index (χ0) is 17.3. The van der Waals surface area contributed by atoms with Crippen LogP contribution in [-0.4, -0.2) is 35.6 Å². The van der Waals surface area contributed by atoms with Gasteiger partial charge in [0.05, 0.1) is 17.5 Å². The minimum atomic E-state index is -0.462. The molecule has 0 aliphatic carbocycles. The lowest BCUT2D eigenvalue weighted by Gasteiger charge is -2.31. The molecule has 128 valence electrons. The number of rotatable bonds is 4. The standard InChI is InChI=1S/C19H25N3O2/c1-5-24-18(23)19(13(2)3)9-10-22(11-19)17-16-14(4)7-6-8-15(16)20-12-21-17/h6-8,12-13H,5,9-11H2,1-4H3. The van der Waals surface area contributed by atoms with Crippen LogP contribution in [0.1, 0.15) is 32.8 Å². The van der Waals surface area contributed by atoms with Gasteiger partial charge in [-0.1, -0.05) is 26.0 Å². The van der Waals surface area contributed by atoms with Crippen LogP contribution in [0.5, 0.6) is 0 Å². The van der Waals surface area contributed by atoms with Crippen LogP contribution < -0.4 is 4.90 Å². The van der Waals surface area contributed by atoms with Gasteiger partial charge in [0.1, 0.15) is 12.1 Å². The Bertz CT molecular complexity index is 754. The lowest BCUT2D eigenvalue weighted by atomic mass is 9.76. The molecule has 0 N–H and O–H groups in total. The Balaban J connectivity index is 2.00. The number of hydrogen-bond donors (Lipinski definition) is 0. The van der Waals surface area contributed by atoms with Crippen molar-refractivity contribution >= 4 is 22.7 Å². The molecule has 2 heterocycles. The largest absolute Gasteiger partial charge is 0.466 e. The van der Waals surface area contributed by atoms with E-state index in [2.05, 4.69) is 41.7 Å². The highest BCUT2D eigenvalue weighted by Gasteiger charge is 2.48. The van der Waals surface area contributed by atoms with Crippen molar-refractivity contribution in [1.29, 1.82) is 0 Å². The molecule has 3 rings (SSSR count). The van der Waals surface area contributed by atoms with E-state index in [1.54, 1.807) is 6.33 Å². The van der Waals surface area contributed by atoms with Gasteiger partial charge in [-0.15, -0.1) is 0 Å². The topological polar surface area (TPSA) is 55.3 Å². The van der Waals surface area contributed by atoms with Gasteiger partial charge in [0.25, 0.3) is 0 Å². The summed E-state index contributed by atoms with van der Waals surface area (Å²) in [6.45, 7) is 10.0. The predicted octanol–water partition coefficient (Wildman–Crippen LogP) is 3.35. The Hall–Kier alpha value is -2.17. The average Bonchev–Trinajstić information content (AvgIpc) is 3.01. The van der Waals surface area contributed by atoms with Gasteiger partial charge in [-0.05, 0) is 37.8 Å². The van der Waals surface area contributed by atoms with E-state index in [0.717, 1.165) is 35.2 Å². The zero-order valence-electron chi connectivity index (χ0n) is 14.9. The molecule has 0 spiro atoms. The fourth-order valence-electron chi connectivity index (χ4n) is 3.66. The summed E-state index contributed by atoms with van der Waals surface area (Å²) in [7, 11) is 0. The first-order chi connectivity index (χ1) is 11.5. The fourth-order valence-corrected chi connectivity index (χ4v) is 3.66. The maximum Gasteiger partial charge on any atom is 0.314 e. The Kier molecular flexibility index (Phi) is 4.43. The number of esters is 1. The molecule has 1 atom stereocenters.